The van der Waals surface area contributed by atoms with Crippen molar-refractivity contribution in [3.8, 4) is 11.5 Å². The first kappa shape index (κ1) is 14.8. The molecule has 0 bridgehead atoms. The van der Waals surface area contributed by atoms with Crippen LogP contribution in [-0.4, -0.2) is 14.2 Å². The number of hydrogen-bond donors (Lipinski definition) is 1. The zero-order valence-electron chi connectivity index (χ0n) is 11.2. The van der Waals surface area contributed by atoms with Gasteiger partial charge in [0.1, 0.15) is 5.75 Å². The van der Waals surface area contributed by atoms with E-state index in [1.165, 1.54) is 7.11 Å². The summed E-state index contributed by atoms with van der Waals surface area (Å²) in [5, 5.41) is 0. The van der Waals surface area contributed by atoms with Gasteiger partial charge in [0.05, 0.1) is 20.3 Å². The predicted octanol–water partition coefficient (Wildman–Crippen LogP) is 3.65. The molecule has 0 saturated carbocycles. The van der Waals surface area contributed by atoms with Crippen LogP contribution < -0.4 is 15.2 Å². The van der Waals surface area contributed by atoms with Crippen LogP contribution in [0.4, 0.5) is 4.39 Å². The van der Waals surface area contributed by atoms with Crippen LogP contribution in [0.25, 0.3) is 0 Å². The lowest BCUT2D eigenvalue weighted by Crippen LogP contribution is -2.15. The number of ether oxygens (including phenoxy) is 2. The number of methoxy groups -OCH3 is 2. The summed E-state index contributed by atoms with van der Waals surface area (Å²) in [5.41, 5.74) is 7.30. The topological polar surface area (TPSA) is 44.5 Å². The van der Waals surface area contributed by atoms with Crippen molar-refractivity contribution in [2.45, 2.75) is 6.04 Å². The van der Waals surface area contributed by atoms with E-state index in [-0.39, 0.29) is 5.75 Å². The number of nitrogens with two attached hydrogens (primary N) is 1. The third-order valence-electron chi connectivity index (χ3n) is 3.09. The summed E-state index contributed by atoms with van der Waals surface area (Å²) >= 11 is 3.43. The Hall–Kier alpha value is -1.59. The fourth-order valence-corrected chi connectivity index (χ4v) is 2.47. The summed E-state index contributed by atoms with van der Waals surface area (Å²) in [6.45, 7) is 0. The molecule has 0 amide bonds. The van der Waals surface area contributed by atoms with Crippen LogP contribution in [-0.2, 0) is 0 Å². The van der Waals surface area contributed by atoms with Crippen LogP contribution in [0.1, 0.15) is 17.2 Å². The zero-order valence-corrected chi connectivity index (χ0v) is 12.8. The zero-order chi connectivity index (χ0) is 14.7. The molecule has 1 unspecified atom stereocenters. The van der Waals surface area contributed by atoms with Gasteiger partial charge >= 0.3 is 0 Å². The second kappa shape index (κ2) is 6.24. The van der Waals surface area contributed by atoms with Gasteiger partial charge in [-0.1, -0.05) is 28.1 Å². The van der Waals surface area contributed by atoms with Gasteiger partial charge in [0.15, 0.2) is 11.6 Å². The van der Waals surface area contributed by atoms with Crippen LogP contribution in [0.5, 0.6) is 11.5 Å². The molecule has 20 heavy (non-hydrogen) atoms. The first-order chi connectivity index (χ1) is 9.58. The van der Waals surface area contributed by atoms with E-state index in [9.17, 15) is 4.39 Å². The first-order valence-electron chi connectivity index (χ1n) is 6.00. The van der Waals surface area contributed by atoms with E-state index in [0.29, 0.717) is 11.3 Å². The maximum Gasteiger partial charge on any atom is 0.170 e. The quantitative estimate of drug-likeness (QED) is 0.924. The van der Waals surface area contributed by atoms with Gasteiger partial charge in [-0.25, -0.2) is 4.39 Å². The normalized spacial score (nSPS) is 12.1. The van der Waals surface area contributed by atoms with E-state index >= 15 is 0 Å². The molecular weight excluding hydrogens is 325 g/mol. The minimum Gasteiger partial charge on any atom is -0.497 e. The summed E-state index contributed by atoms with van der Waals surface area (Å²) in [6.07, 6.45) is 0. The molecule has 0 aromatic heterocycles. The van der Waals surface area contributed by atoms with E-state index in [1.54, 1.807) is 31.4 Å². The second-order valence-corrected chi connectivity index (χ2v) is 5.08. The van der Waals surface area contributed by atoms with Gasteiger partial charge in [0.25, 0.3) is 0 Å². The lowest BCUT2D eigenvalue weighted by molar-refractivity contribution is 0.383. The Labute approximate surface area is 125 Å². The fraction of sp³-hybridized carbons (Fsp3) is 0.200. The molecule has 0 fully saturated rings. The Morgan fingerprint density at radius 1 is 1.10 bits per heavy atom. The van der Waals surface area contributed by atoms with Gasteiger partial charge in [-0.15, -0.1) is 0 Å². The van der Waals surface area contributed by atoms with Crippen molar-refractivity contribution in [2.75, 3.05) is 14.2 Å². The van der Waals surface area contributed by atoms with Crippen LogP contribution in [0, 0.1) is 5.82 Å². The predicted molar refractivity (Wildman–Crippen MR) is 79.7 cm³/mol. The molecular formula is C15H15BrFNO2. The molecule has 3 nitrogen and oxygen atoms in total. The van der Waals surface area contributed by atoms with Gasteiger partial charge in [-0.2, -0.15) is 0 Å². The Morgan fingerprint density at radius 3 is 2.50 bits per heavy atom. The first-order valence-corrected chi connectivity index (χ1v) is 6.79. The van der Waals surface area contributed by atoms with Gasteiger partial charge in [0, 0.05) is 10.0 Å². The monoisotopic (exact) mass is 339 g/mol. The van der Waals surface area contributed by atoms with E-state index in [1.807, 2.05) is 12.1 Å². The second-order valence-electron chi connectivity index (χ2n) is 4.23. The summed E-state index contributed by atoms with van der Waals surface area (Å²) in [4.78, 5) is 0. The average molecular weight is 340 g/mol. The van der Waals surface area contributed by atoms with Gasteiger partial charge in [-0.05, 0) is 29.8 Å². The highest BCUT2D eigenvalue weighted by atomic mass is 79.9. The Morgan fingerprint density at radius 2 is 1.85 bits per heavy atom. The van der Waals surface area contributed by atoms with Crippen LogP contribution >= 0.6 is 15.9 Å². The highest BCUT2D eigenvalue weighted by Crippen LogP contribution is 2.33. The number of hydrogen-bond acceptors (Lipinski definition) is 3. The van der Waals surface area contributed by atoms with Crippen LogP contribution in [0.3, 0.4) is 0 Å². The summed E-state index contributed by atoms with van der Waals surface area (Å²) < 4.78 is 25.2. The summed E-state index contributed by atoms with van der Waals surface area (Å²) in [5.74, 6) is 0.399. The van der Waals surface area contributed by atoms with Crippen LogP contribution in [0.2, 0.25) is 0 Å². The molecule has 1 atom stereocenters. The molecule has 0 aliphatic heterocycles. The molecule has 2 aromatic rings. The largest absolute Gasteiger partial charge is 0.497 e. The number of benzene rings is 2. The van der Waals surface area contributed by atoms with Gasteiger partial charge < -0.3 is 15.2 Å². The lowest BCUT2D eigenvalue weighted by Gasteiger charge is -2.17. The van der Waals surface area contributed by atoms with Crippen molar-refractivity contribution in [1.29, 1.82) is 0 Å². The Bertz CT molecular complexity index is 617. The molecule has 0 heterocycles. The molecule has 2 aromatic carbocycles. The highest BCUT2D eigenvalue weighted by Gasteiger charge is 2.19. The summed E-state index contributed by atoms with van der Waals surface area (Å²) in [7, 11) is 3.00. The minimum absolute atomic E-state index is 0.178. The van der Waals surface area contributed by atoms with Crippen molar-refractivity contribution in [1.82, 2.24) is 0 Å². The molecule has 0 aliphatic carbocycles. The molecule has 106 valence electrons. The third kappa shape index (κ3) is 2.78. The maximum absolute atomic E-state index is 14.3. The molecule has 0 radical (unpaired) electrons. The van der Waals surface area contributed by atoms with E-state index in [4.69, 9.17) is 15.2 Å². The van der Waals surface area contributed by atoms with E-state index in [0.717, 1.165) is 10.0 Å². The van der Waals surface area contributed by atoms with Crippen molar-refractivity contribution in [3.05, 3.63) is 57.8 Å². The molecule has 5 heteroatoms. The molecule has 2 rings (SSSR count). The molecule has 0 aliphatic rings. The maximum atomic E-state index is 14.3. The fourth-order valence-electron chi connectivity index (χ4n) is 1.98. The third-order valence-corrected chi connectivity index (χ3v) is 3.81. The molecule has 0 saturated heterocycles. The van der Waals surface area contributed by atoms with Gasteiger partial charge in [-0.3, -0.25) is 0 Å². The van der Waals surface area contributed by atoms with Crippen molar-refractivity contribution in [3.63, 3.8) is 0 Å². The van der Waals surface area contributed by atoms with Crippen LogP contribution in [0.15, 0.2) is 40.9 Å². The molecule has 0 spiro atoms. The standard InChI is InChI=1S/C15H15BrFNO2/c1-19-9-6-7-12(16)11(8-9)15(18)10-4-3-5-13(20-2)14(10)17/h3-8,15H,18H2,1-2H3. The molecule has 2 N–H and O–H groups in total. The minimum atomic E-state index is -0.616. The highest BCUT2D eigenvalue weighted by molar-refractivity contribution is 9.10. The summed E-state index contributed by atoms with van der Waals surface area (Å²) in [6, 6.07) is 9.72. The number of halogens is 2. The Kier molecular flexibility index (Phi) is 4.62. The van der Waals surface area contributed by atoms with E-state index < -0.39 is 11.9 Å². The Balaban J connectivity index is 2.48. The van der Waals surface area contributed by atoms with Crippen molar-refractivity contribution in [2.24, 2.45) is 5.73 Å². The SMILES string of the molecule is COc1ccc(Br)c(C(N)c2cccc(OC)c2F)c1. The smallest absolute Gasteiger partial charge is 0.170 e. The lowest BCUT2D eigenvalue weighted by atomic mass is 9.98. The average Bonchev–Trinajstić information content (AvgIpc) is 2.47. The van der Waals surface area contributed by atoms with Gasteiger partial charge in [0.2, 0.25) is 0 Å². The van der Waals surface area contributed by atoms with E-state index in [2.05, 4.69) is 15.9 Å². The van der Waals surface area contributed by atoms with Crippen molar-refractivity contribution >= 4 is 15.9 Å². The van der Waals surface area contributed by atoms with Crippen molar-refractivity contribution < 1.29 is 13.9 Å². The number of rotatable bonds is 4.